The van der Waals surface area contributed by atoms with Gasteiger partial charge in [-0.3, -0.25) is 4.79 Å². The Kier molecular flexibility index (Phi) is 3.18. The van der Waals surface area contributed by atoms with Crippen LogP contribution in [0.2, 0.25) is 0 Å². The molecule has 0 amide bonds. The summed E-state index contributed by atoms with van der Waals surface area (Å²) in [6.07, 6.45) is 2.98. The second-order valence-corrected chi connectivity index (χ2v) is 4.69. The highest BCUT2D eigenvalue weighted by molar-refractivity contribution is 6.00. The summed E-state index contributed by atoms with van der Waals surface area (Å²) in [4.78, 5) is 15.5. The minimum atomic E-state index is 0.208. The van der Waals surface area contributed by atoms with Crippen molar-refractivity contribution in [3.05, 3.63) is 58.9 Å². The van der Waals surface area contributed by atoms with Crippen molar-refractivity contribution in [2.45, 2.75) is 19.4 Å². The first-order valence-corrected chi connectivity index (χ1v) is 6.40. The summed E-state index contributed by atoms with van der Waals surface area (Å²) in [5, 5.41) is 8.79. The van der Waals surface area contributed by atoms with Crippen LogP contribution in [0, 0.1) is 11.3 Å². The molecule has 4 nitrogen and oxygen atoms in total. The van der Waals surface area contributed by atoms with E-state index in [-0.39, 0.29) is 5.78 Å². The first kappa shape index (κ1) is 12.4. The van der Waals surface area contributed by atoms with E-state index in [0.29, 0.717) is 18.7 Å². The number of nitrogens with zero attached hydrogens (tertiary/aromatic N) is 2. The fourth-order valence-corrected chi connectivity index (χ4v) is 2.31. The van der Waals surface area contributed by atoms with Gasteiger partial charge in [-0.2, -0.15) is 5.26 Å². The van der Waals surface area contributed by atoms with Crippen molar-refractivity contribution >= 4 is 5.78 Å². The Morgan fingerprint density at radius 2 is 2.15 bits per heavy atom. The molecule has 1 heterocycles. The number of ether oxygens (including phenoxy) is 1. The van der Waals surface area contributed by atoms with Gasteiger partial charge >= 0.3 is 0 Å². The molecule has 1 aromatic heterocycles. The maximum Gasteiger partial charge on any atom is 0.163 e. The number of Topliss-reactive ketones (excluding diaryl/α,β-unsaturated/α-hetero) is 1. The topological polar surface area (TPSA) is 63.0 Å². The molecule has 1 aliphatic rings. The molecule has 0 saturated heterocycles. The van der Waals surface area contributed by atoms with Crippen molar-refractivity contribution in [3.63, 3.8) is 0 Å². The lowest BCUT2D eigenvalue weighted by molar-refractivity contribution is 0.0994. The number of pyridine rings is 1. The Labute approximate surface area is 116 Å². The van der Waals surface area contributed by atoms with Crippen LogP contribution in [0.4, 0.5) is 0 Å². The minimum Gasteiger partial charge on any atom is -0.489 e. The summed E-state index contributed by atoms with van der Waals surface area (Å²) >= 11 is 0. The summed E-state index contributed by atoms with van der Waals surface area (Å²) in [7, 11) is 0. The zero-order chi connectivity index (χ0) is 13.9. The Bertz CT molecular complexity index is 717. The molecule has 20 heavy (non-hydrogen) atoms. The van der Waals surface area contributed by atoms with Crippen LogP contribution in [-0.4, -0.2) is 10.8 Å². The average Bonchev–Trinajstić information content (AvgIpc) is 2.86. The summed E-state index contributed by atoms with van der Waals surface area (Å²) in [6.45, 7) is 0.379. The van der Waals surface area contributed by atoms with Gasteiger partial charge in [-0.1, -0.05) is 0 Å². The van der Waals surface area contributed by atoms with Gasteiger partial charge in [-0.05, 0) is 47.9 Å². The van der Waals surface area contributed by atoms with Gasteiger partial charge in [0.1, 0.15) is 24.1 Å². The van der Waals surface area contributed by atoms with E-state index in [1.807, 2.05) is 30.3 Å². The summed E-state index contributed by atoms with van der Waals surface area (Å²) in [5.41, 5.74) is 3.15. The molecule has 4 heteroatoms. The van der Waals surface area contributed by atoms with Crippen molar-refractivity contribution in [2.75, 3.05) is 0 Å². The van der Waals surface area contributed by atoms with E-state index >= 15 is 0 Å². The van der Waals surface area contributed by atoms with Crippen LogP contribution >= 0.6 is 0 Å². The lowest BCUT2D eigenvalue weighted by Gasteiger charge is -2.08. The van der Waals surface area contributed by atoms with E-state index in [1.54, 1.807) is 12.3 Å². The number of aryl methyl sites for hydroxylation is 1. The van der Waals surface area contributed by atoms with Crippen molar-refractivity contribution in [1.29, 1.82) is 5.26 Å². The predicted octanol–water partition coefficient (Wildman–Crippen LogP) is 2.66. The quantitative estimate of drug-likeness (QED) is 0.855. The van der Waals surface area contributed by atoms with Crippen molar-refractivity contribution in [1.82, 2.24) is 4.98 Å². The van der Waals surface area contributed by atoms with Crippen LogP contribution in [0.25, 0.3) is 0 Å². The second-order valence-electron chi connectivity index (χ2n) is 4.69. The number of aromatic nitrogens is 1. The fraction of sp³-hybridized carbons (Fsp3) is 0.188. The summed E-state index contributed by atoms with van der Waals surface area (Å²) in [5.74, 6) is 0.952. The lowest BCUT2D eigenvalue weighted by Crippen LogP contribution is -1.98. The molecule has 0 aliphatic heterocycles. The zero-order valence-corrected chi connectivity index (χ0v) is 10.8. The molecule has 98 valence electrons. The van der Waals surface area contributed by atoms with E-state index in [9.17, 15) is 4.79 Å². The number of rotatable bonds is 3. The molecule has 3 rings (SSSR count). The van der Waals surface area contributed by atoms with Gasteiger partial charge in [0.2, 0.25) is 0 Å². The van der Waals surface area contributed by atoms with Crippen LogP contribution in [-0.2, 0) is 13.0 Å². The van der Waals surface area contributed by atoms with Gasteiger partial charge in [-0.25, -0.2) is 4.98 Å². The third-order valence-electron chi connectivity index (χ3n) is 3.34. The first-order valence-electron chi connectivity index (χ1n) is 6.40. The molecule has 2 aromatic rings. The Balaban J connectivity index is 1.73. The van der Waals surface area contributed by atoms with Crippen molar-refractivity contribution < 1.29 is 9.53 Å². The molecule has 0 bridgehead atoms. The lowest BCUT2D eigenvalue weighted by atomic mass is 10.1. The van der Waals surface area contributed by atoms with Crippen LogP contribution in [0.1, 0.15) is 33.6 Å². The summed E-state index contributed by atoms with van der Waals surface area (Å²) < 4.78 is 5.70. The van der Waals surface area contributed by atoms with Crippen molar-refractivity contribution in [3.8, 4) is 11.8 Å². The number of hydrogen-bond donors (Lipinski definition) is 0. The van der Waals surface area contributed by atoms with E-state index in [2.05, 4.69) is 4.98 Å². The second kappa shape index (κ2) is 5.14. The van der Waals surface area contributed by atoms with Gasteiger partial charge in [-0.15, -0.1) is 0 Å². The number of nitriles is 1. The Morgan fingerprint density at radius 1 is 1.25 bits per heavy atom. The highest BCUT2D eigenvalue weighted by Gasteiger charge is 2.19. The average molecular weight is 264 g/mol. The highest BCUT2D eigenvalue weighted by Crippen LogP contribution is 2.26. The number of hydrogen-bond acceptors (Lipinski definition) is 4. The first-order chi connectivity index (χ1) is 9.76. The molecule has 1 aliphatic carbocycles. The Hall–Kier alpha value is -2.67. The van der Waals surface area contributed by atoms with E-state index in [1.165, 1.54) is 0 Å². The van der Waals surface area contributed by atoms with Gasteiger partial charge in [0.25, 0.3) is 0 Å². The fourth-order valence-electron chi connectivity index (χ4n) is 2.31. The molecular weight excluding hydrogens is 252 g/mol. The molecule has 0 fully saturated rings. The molecule has 0 radical (unpaired) electrons. The molecule has 1 aromatic carbocycles. The number of carbonyl (C=O) groups excluding carboxylic acids is 1. The number of fused-ring (bicyclic) bond motifs is 1. The maximum atomic E-state index is 11.5. The summed E-state index contributed by atoms with van der Waals surface area (Å²) in [6, 6.07) is 11.1. The molecule has 0 unspecified atom stereocenters. The largest absolute Gasteiger partial charge is 0.489 e. The molecular formula is C16H12N2O2. The maximum absolute atomic E-state index is 11.5. The van der Waals surface area contributed by atoms with Gasteiger partial charge in [0, 0.05) is 18.2 Å². The number of benzene rings is 1. The van der Waals surface area contributed by atoms with Crippen LogP contribution < -0.4 is 4.74 Å². The predicted molar refractivity (Wildman–Crippen MR) is 72.4 cm³/mol. The third kappa shape index (κ3) is 2.39. The van der Waals surface area contributed by atoms with Crippen LogP contribution in [0.3, 0.4) is 0 Å². The smallest absolute Gasteiger partial charge is 0.163 e. The standard InChI is InChI=1S/C16H12N2O2/c17-9-13-7-11(5-6-18-13)10-20-14-2-3-15-12(8-14)1-4-16(15)19/h2-3,5-8H,1,4,10H2. The van der Waals surface area contributed by atoms with E-state index in [0.717, 1.165) is 28.9 Å². The monoisotopic (exact) mass is 264 g/mol. The number of ketones is 1. The van der Waals surface area contributed by atoms with E-state index < -0.39 is 0 Å². The molecule has 0 spiro atoms. The Morgan fingerprint density at radius 3 is 3.00 bits per heavy atom. The molecule has 0 N–H and O–H groups in total. The molecule has 0 saturated carbocycles. The van der Waals surface area contributed by atoms with Gasteiger partial charge in [0.05, 0.1) is 0 Å². The normalized spacial score (nSPS) is 12.8. The highest BCUT2D eigenvalue weighted by atomic mass is 16.5. The molecule has 0 atom stereocenters. The zero-order valence-electron chi connectivity index (χ0n) is 10.8. The van der Waals surface area contributed by atoms with Crippen LogP contribution in [0.5, 0.6) is 5.75 Å². The third-order valence-corrected chi connectivity index (χ3v) is 3.34. The van der Waals surface area contributed by atoms with Gasteiger partial charge < -0.3 is 4.74 Å². The van der Waals surface area contributed by atoms with Gasteiger partial charge in [0.15, 0.2) is 5.78 Å². The SMILES string of the molecule is N#Cc1cc(COc2ccc3c(c2)CCC3=O)ccn1. The van der Waals surface area contributed by atoms with E-state index in [4.69, 9.17) is 10.00 Å². The minimum absolute atomic E-state index is 0.208. The number of carbonyl (C=O) groups is 1. The van der Waals surface area contributed by atoms with Crippen LogP contribution in [0.15, 0.2) is 36.5 Å². The van der Waals surface area contributed by atoms with Crippen molar-refractivity contribution in [2.24, 2.45) is 0 Å².